The van der Waals surface area contributed by atoms with Crippen LogP contribution in [0.15, 0.2) is 48.5 Å². The highest BCUT2D eigenvalue weighted by atomic mass is 16.5. The molecule has 0 fully saturated rings. The SMILES string of the molecule is COCCc1ccc(OCC(O)CNCCc2ccc(O)cc2)cc1. The van der Waals surface area contributed by atoms with Crippen LogP contribution >= 0.6 is 0 Å². The first-order valence-corrected chi connectivity index (χ1v) is 8.54. The van der Waals surface area contributed by atoms with Crippen LogP contribution in [0.2, 0.25) is 0 Å². The normalized spacial score (nSPS) is 12.1. The lowest BCUT2D eigenvalue weighted by atomic mass is 10.1. The lowest BCUT2D eigenvalue weighted by Gasteiger charge is -2.13. The molecular formula is C20H27NO4. The van der Waals surface area contributed by atoms with Crippen molar-refractivity contribution in [2.24, 2.45) is 0 Å². The quantitative estimate of drug-likeness (QED) is 0.545. The molecule has 0 bridgehead atoms. The van der Waals surface area contributed by atoms with E-state index in [2.05, 4.69) is 5.32 Å². The minimum Gasteiger partial charge on any atom is -0.508 e. The predicted octanol–water partition coefficient (Wildman–Crippen LogP) is 2.15. The molecule has 5 heteroatoms. The van der Waals surface area contributed by atoms with E-state index in [0.717, 1.165) is 30.7 Å². The topological polar surface area (TPSA) is 71.0 Å². The molecule has 0 amide bonds. The molecule has 0 aromatic heterocycles. The number of phenols is 1. The van der Waals surface area contributed by atoms with E-state index in [0.29, 0.717) is 13.2 Å². The molecule has 0 heterocycles. The van der Waals surface area contributed by atoms with Gasteiger partial charge in [0, 0.05) is 13.7 Å². The molecule has 1 unspecified atom stereocenters. The van der Waals surface area contributed by atoms with Crippen molar-refractivity contribution < 1.29 is 19.7 Å². The molecule has 0 saturated carbocycles. The van der Waals surface area contributed by atoms with Gasteiger partial charge in [0.25, 0.3) is 0 Å². The number of aromatic hydroxyl groups is 1. The summed E-state index contributed by atoms with van der Waals surface area (Å²) < 4.78 is 10.7. The molecule has 1 atom stereocenters. The first kappa shape index (κ1) is 19.2. The minimum atomic E-state index is -0.562. The summed E-state index contributed by atoms with van der Waals surface area (Å²) in [4.78, 5) is 0. The van der Waals surface area contributed by atoms with E-state index in [9.17, 15) is 10.2 Å². The third-order valence-corrected chi connectivity index (χ3v) is 3.87. The van der Waals surface area contributed by atoms with E-state index in [4.69, 9.17) is 9.47 Å². The van der Waals surface area contributed by atoms with Crippen molar-refractivity contribution in [2.45, 2.75) is 18.9 Å². The average Bonchev–Trinajstić information content (AvgIpc) is 2.64. The van der Waals surface area contributed by atoms with Gasteiger partial charge in [-0.1, -0.05) is 24.3 Å². The fraction of sp³-hybridized carbons (Fsp3) is 0.400. The second-order valence-electron chi connectivity index (χ2n) is 5.97. The molecule has 5 nitrogen and oxygen atoms in total. The van der Waals surface area contributed by atoms with Gasteiger partial charge < -0.3 is 25.0 Å². The van der Waals surface area contributed by atoms with Crippen molar-refractivity contribution in [2.75, 3.05) is 33.4 Å². The molecule has 0 radical (unpaired) electrons. The number of hydrogen-bond donors (Lipinski definition) is 3. The van der Waals surface area contributed by atoms with E-state index in [-0.39, 0.29) is 12.4 Å². The van der Waals surface area contributed by atoms with E-state index in [1.165, 1.54) is 5.56 Å². The van der Waals surface area contributed by atoms with E-state index >= 15 is 0 Å². The Balaban J connectivity index is 1.60. The zero-order valence-electron chi connectivity index (χ0n) is 14.6. The van der Waals surface area contributed by atoms with Gasteiger partial charge in [-0.3, -0.25) is 0 Å². The molecule has 25 heavy (non-hydrogen) atoms. The van der Waals surface area contributed by atoms with Crippen LogP contribution in [0.3, 0.4) is 0 Å². The average molecular weight is 345 g/mol. The Morgan fingerprint density at radius 2 is 1.60 bits per heavy atom. The summed E-state index contributed by atoms with van der Waals surface area (Å²) in [6.45, 7) is 2.19. The van der Waals surface area contributed by atoms with Crippen LogP contribution in [-0.4, -0.2) is 49.7 Å². The Hall–Kier alpha value is -2.08. The van der Waals surface area contributed by atoms with Crippen LogP contribution in [0.4, 0.5) is 0 Å². The Kier molecular flexibility index (Phi) is 8.25. The number of phenolic OH excluding ortho intramolecular Hbond substituents is 1. The van der Waals surface area contributed by atoms with Gasteiger partial charge in [-0.2, -0.15) is 0 Å². The van der Waals surface area contributed by atoms with Gasteiger partial charge in [-0.25, -0.2) is 0 Å². The van der Waals surface area contributed by atoms with Gasteiger partial charge in [-0.15, -0.1) is 0 Å². The summed E-state index contributed by atoms with van der Waals surface area (Å²) >= 11 is 0. The lowest BCUT2D eigenvalue weighted by molar-refractivity contribution is 0.106. The first-order valence-electron chi connectivity index (χ1n) is 8.54. The van der Waals surface area contributed by atoms with Crippen molar-refractivity contribution in [1.29, 1.82) is 0 Å². The maximum Gasteiger partial charge on any atom is 0.119 e. The predicted molar refractivity (Wildman–Crippen MR) is 98.2 cm³/mol. The number of methoxy groups -OCH3 is 1. The van der Waals surface area contributed by atoms with Gasteiger partial charge >= 0.3 is 0 Å². The number of benzene rings is 2. The molecule has 2 aromatic carbocycles. The van der Waals surface area contributed by atoms with Gasteiger partial charge in [0.1, 0.15) is 24.2 Å². The van der Waals surface area contributed by atoms with Crippen molar-refractivity contribution in [1.82, 2.24) is 5.32 Å². The number of aliphatic hydroxyl groups excluding tert-OH is 1. The highest BCUT2D eigenvalue weighted by Gasteiger charge is 2.05. The van der Waals surface area contributed by atoms with Crippen LogP contribution in [0.1, 0.15) is 11.1 Å². The molecule has 0 spiro atoms. The highest BCUT2D eigenvalue weighted by molar-refractivity contribution is 5.27. The van der Waals surface area contributed by atoms with Crippen molar-refractivity contribution >= 4 is 0 Å². The number of nitrogens with one attached hydrogen (secondary N) is 1. The van der Waals surface area contributed by atoms with Crippen LogP contribution in [0, 0.1) is 0 Å². The van der Waals surface area contributed by atoms with Gasteiger partial charge in [0.05, 0.1) is 6.61 Å². The third-order valence-electron chi connectivity index (χ3n) is 3.87. The second-order valence-corrected chi connectivity index (χ2v) is 5.97. The summed E-state index contributed by atoms with van der Waals surface area (Å²) in [7, 11) is 1.69. The fourth-order valence-electron chi connectivity index (χ4n) is 2.39. The zero-order valence-corrected chi connectivity index (χ0v) is 14.6. The third kappa shape index (κ3) is 7.56. The fourth-order valence-corrected chi connectivity index (χ4v) is 2.39. The molecule has 0 saturated heterocycles. The van der Waals surface area contributed by atoms with E-state index in [1.54, 1.807) is 19.2 Å². The van der Waals surface area contributed by atoms with Crippen molar-refractivity contribution in [3.8, 4) is 11.5 Å². The van der Waals surface area contributed by atoms with Crippen LogP contribution in [0.25, 0.3) is 0 Å². The molecule has 0 aliphatic rings. The Morgan fingerprint density at radius 3 is 2.28 bits per heavy atom. The maximum absolute atomic E-state index is 9.98. The molecule has 136 valence electrons. The Morgan fingerprint density at radius 1 is 0.960 bits per heavy atom. The molecule has 0 aliphatic carbocycles. The molecule has 2 rings (SSSR count). The number of hydrogen-bond acceptors (Lipinski definition) is 5. The number of aliphatic hydroxyl groups is 1. The van der Waals surface area contributed by atoms with Gasteiger partial charge in [0.15, 0.2) is 0 Å². The van der Waals surface area contributed by atoms with Crippen molar-refractivity contribution in [3.05, 3.63) is 59.7 Å². The van der Waals surface area contributed by atoms with Crippen LogP contribution in [0.5, 0.6) is 11.5 Å². The smallest absolute Gasteiger partial charge is 0.119 e. The highest BCUT2D eigenvalue weighted by Crippen LogP contribution is 2.13. The summed E-state index contributed by atoms with van der Waals surface area (Å²) in [5.41, 5.74) is 2.34. The van der Waals surface area contributed by atoms with Crippen LogP contribution in [-0.2, 0) is 17.6 Å². The van der Waals surface area contributed by atoms with Gasteiger partial charge in [0.2, 0.25) is 0 Å². The van der Waals surface area contributed by atoms with Gasteiger partial charge in [-0.05, 0) is 54.8 Å². The summed E-state index contributed by atoms with van der Waals surface area (Å²) in [5.74, 6) is 1.03. The molecule has 3 N–H and O–H groups in total. The molecule has 2 aromatic rings. The Labute approximate surface area is 149 Å². The Bertz CT molecular complexity index is 598. The van der Waals surface area contributed by atoms with Crippen molar-refractivity contribution in [3.63, 3.8) is 0 Å². The minimum absolute atomic E-state index is 0.254. The first-order chi connectivity index (χ1) is 12.2. The summed E-state index contributed by atoms with van der Waals surface area (Å²) in [6, 6.07) is 15.0. The summed E-state index contributed by atoms with van der Waals surface area (Å²) in [6.07, 6.45) is 1.16. The van der Waals surface area contributed by atoms with E-state index in [1.807, 2.05) is 36.4 Å². The zero-order chi connectivity index (χ0) is 17.9. The second kappa shape index (κ2) is 10.7. The maximum atomic E-state index is 9.98. The summed E-state index contributed by atoms with van der Waals surface area (Å²) in [5, 5.41) is 22.4. The monoisotopic (exact) mass is 345 g/mol. The lowest BCUT2D eigenvalue weighted by Crippen LogP contribution is -2.32. The molecule has 0 aliphatic heterocycles. The molecular weight excluding hydrogens is 318 g/mol. The number of rotatable bonds is 11. The van der Waals surface area contributed by atoms with Crippen LogP contribution < -0.4 is 10.1 Å². The standard InChI is InChI=1S/C20H27NO4/c1-24-13-11-17-4-8-20(9-5-17)25-15-19(23)14-21-12-10-16-2-6-18(22)7-3-16/h2-9,19,21-23H,10-15H2,1H3. The number of ether oxygens (including phenoxy) is 2. The largest absolute Gasteiger partial charge is 0.508 e. The van der Waals surface area contributed by atoms with E-state index < -0.39 is 6.10 Å².